The van der Waals surface area contributed by atoms with Crippen LogP contribution in [0.1, 0.15) is 16.7 Å². The van der Waals surface area contributed by atoms with E-state index in [2.05, 4.69) is 104 Å². The predicted molar refractivity (Wildman–Crippen MR) is 106 cm³/mol. The zero-order valence-electron chi connectivity index (χ0n) is 15.1. The number of quaternary nitrogens is 1. The molecule has 0 amide bonds. The summed E-state index contributed by atoms with van der Waals surface area (Å²) in [6.07, 6.45) is 2.06. The number of rotatable bonds is 8. The van der Waals surface area contributed by atoms with Crippen LogP contribution in [0.15, 0.2) is 104 Å². The van der Waals surface area contributed by atoms with Crippen LogP contribution in [0.4, 0.5) is 0 Å². The highest BCUT2D eigenvalue weighted by Crippen LogP contribution is 2.24. The van der Waals surface area contributed by atoms with E-state index in [9.17, 15) is 0 Å². The minimum Gasteiger partial charge on any atom is -1.00 e. The third kappa shape index (κ3) is 5.59. The van der Waals surface area contributed by atoms with E-state index in [1.807, 2.05) is 0 Å². The molecular weight excluding hydrogens is 338 g/mol. The number of nitrogens with zero attached hydrogens (tertiary/aromatic N) is 1. The molecular formula is C24H26ClN. The van der Waals surface area contributed by atoms with E-state index in [4.69, 9.17) is 0 Å². The molecule has 0 aliphatic heterocycles. The molecule has 0 bridgehead atoms. The Kier molecular flexibility index (Phi) is 7.65. The Morgan fingerprint density at radius 3 is 1.15 bits per heavy atom. The standard InChI is InChI=1S/C24H26N.ClH/c1-2-18-25(19-22-12-6-3-7-13-22,20-23-14-8-4-9-15-23)21-24-16-10-5-11-17-24;/h2-17H,1,18-21H2;1H/q+1;/p-1. The first-order valence-electron chi connectivity index (χ1n) is 8.87. The molecule has 0 saturated heterocycles. The first-order valence-corrected chi connectivity index (χ1v) is 8.87. The average Bonchev–Trinajstić information content (AvgIpc) is 2.64. The summed E-state index contributed by atoms with van der Waals surface area (Å²) in [6, 6.07) is 32.4. The van der Waals surface area contributed by atoms with Gasteiger partial charge in [-0.3, -0.25) is 0 Å². The Bertz CT molecular complexity index is 668. The lowest BCUT2D eigenvalue weighted by Gasteiger charge is -2.38. The van der Waals surface area contributed by atoms with Gasteiger partial charge < -0.3 is 16.9 Å². The lowest BCUT2D eigenvalue weighted by Crippen LogP contribution is -3.00. The summed E-state index contributed by atoms with van der Waals surface area (Å²) < 4.78 is 0.946. The fourth-order valence-corrected chi connectivity index (χ4v) is 3.55. The zero-order chi connectivity index (χ0) is 17.4. The fourth-order valence-electron chi connectivity index (χ4n) is 3.55. The molecule has 0 aliphatic rings. The Balaban J connectivity index is 0.00000243. The Labute approximate surface area is 163 Å². The van der Waals surface area contributed by atoms with Gasteiger partial charge >= 0.3 is 0 Å². The third-order valence-corrected chi connectivity index (χ3v) is 4.60. The van der Waals surface area contributed by atoms with Crippen molar-refractivity contribution in [2.75, 3.05) is 6.54 Å². The zero-order valence-corrected chi connectivity index (χ0v) is 15.9. The molecule has 0 atom stereocenters. The molecule has 3 rings (SSSR count). The summed E-state index contributed by atoms with van der Waals surface area (Å²) in [6.45, 7) is 7.99. The van der Waals surface area contributed by atoms with Crippen LogP contribution in [0, 0.1) is 0 Å². The second-order valence-electron chi connectivity index (χ2n) is 6.74. The van der Waals surface area contributed by atoms with Crippen molar-refractivity contribution in [2.24, 2.45) is 0 Å². The summed E-state index contributed by atoms with van der Waals surface area (Å²) in [4.78, 5) is 0. The van der Waals surface area contributed by atoms with Crippen LogP contribution in [0.25, 0.3) is 0 Å². The molecule has 26 heavy (non-hydrogen) atoms. The van der Waals surface area contributed by atoms with Gasteiger partial charge in [0.15, 0.2) is 0 Å². The molecule has 1 nitrogen and oxygen atoms in total. The average molecular weight is 364 g/mol. The molecule has 134 valence electrons. The summed E-state index contributed by atoms with van der Waals surface area (Å²) in [5.74, 6) is 0. The van der Waals surface area contributed by atoms with Crippen LogP contribution in [0.2, 0.25) is 0 Å². The molecule has 0 unspecified atom stereocenters. The fraction of sp³-hybridized carbons (Fsp3) is 0.167. The lowest BCUT2D eigenvalue weighted by molar-refractivity contribution is -0.961. The Hall–Kier alpha value is -2.35. The second kappa shape index (κ2) is 9.96. The van der Waals surface area contributed by atoms with Gasteiger partial charge in [0.2, 0.25) is 0 Å². The second-order valence-corrected chi connectivity index (χ2v) is 6.74. The van der Waals surface area contributed by atoms with E-state index in [0.717, 1.165) is 30.7 Å². The molecule has 0 fully saturated rings. The highest BCUT2D eigenvalue weighted by molar-refractivity contribution is 5.17. The minimum atomic E-state index is 0. The number of hydrogen-bond donors (Lipinski definition) is 0. The van der Waals surface area contributed by atoms with Gasteiger partial charge in [0, 0.05) is 16.7 Å². The highest BCUT2D eigenvalue weighted by Gasteiger charge is 2.27. The Morgan fingerprint density at radius 1 is 0.577 bits per heavy atom. The molecule has 0 N–H and O–H groups in total. The number of halogens is 1. The van der Waals surface area contributed by atoms with Crippen molar-refractivity contribution in [3.8, 4) is 0 Å². The SMILES string of the molecule is C=CC[N+](Cc1ccccc1)(Cc1ccccc1)Cc1ccccc1.[Cl-]. The van der Waals surface area contributed by atoms with Crippen LogP contribution in [-0.4, -0.2) is 11.0 Å². The van der Waals surface area contributed by atoms with Crippen molar-refractivity contribution < 1.29 is 16.9 Å². The molecule has 0 saturated carbocycles. The van der Waals surface area contributed by atoms with Gasteiger partial charge in [0.1, 0.15) is 19.6 Å². The molecule has 3 aromatic rings. The van der Waals surface area contributed by atoms with Crippen molar-refractivity contribution in [1.82, 2.24) is 0 Å². The Morgan fingerprint density at radius 2 is 0.885 bits per heavy atom. The summed E-state index contributed by atoms with van der Waals surface area (Å²) >= 11 is 0. The smallest absolute Gasteiger partial charge is 0.105 e. The first kappa shape index (κ1) is 20.0. The van der Waals surface area contributed by atoms with Crippen LogP contribution in [0.3, 0.4) is 0 Å². The monoisotopic (exact) mass is 363 g/mol. The van der Waals surface area contributed by atoms with Gasteiger partial charge in [-0.15, -0.1) is 0 Å². The normalized spacial score (nSPS) is 10.8. The topological polar surface area (TPSA) is 0 Å². The van der Waals surface area contributed by atoms with Gasteiger partial charge in [-0.1, -0.05) is 97.6 Å². The first-order chi connectivity index (χ1) is 12.3. The molecule has 0 aromatic heterocycles. The lowest BCUT2D eigenvalue weighted by atomic mass is 10.1. The maximum atomic E-state index is 4.05. The van der Waals surface area contributed by atoms with E-state index >= 15 is 0 Å². The van der Waals surface area contributed by atoms with E-state index < -0.39 is 0 Å². The van der Waals surface area contributed by atoms with Crippen molar-refractivity contribution in [3.63, 3.8) is 0 Å². The highest BCUT2D eigenvalue weighted by atomic mass is 35.5. The largest absolute Gasteiger partial charge is 1.00 e. The van der Waals surface area contributed by atoms with Gasteiger partial charge in [-0.05, 0) is 6.08 Å². The molecule has 0 aliphatic carbocycles. The van der Waals surface area contributed by atoms with E-state index in [1.54, 1.807) is 0 Å². The van der Waals surface area contributed by atoms with Crippen molar-refractivity contribution in [2.45, 2.75) is 19.6 Å². The van der Waals surface area contributed by atoms with Crippen LogP contribution in [0.5, 0.6) is 0 Å². The molecule has 0 spiro atoms. The van der Waals surface area contributed by atoms with E-state index in [-0.39, 0.29) is 12.4 Å². The number of hydrogen-bond acceptors (Lipinski definition) is 0. The van der Waals surface area contributed by atoms with E-state index in [0.29, 0.717) is 0 Å². The molecule has 2 heteroatoms. The summed E-state index contributed by atoms with van der Waals surface area (Å²) in [5, 5.41) is 0. The quantitative estimate of drug-likeness (QED) is 0.426. The van der Waals surface area contributed by atoms with Gasteiger partial charge in [0.05, 0.1) is 6.54 Å². The minimum absolute atomic E-state index is 0. The molecule has 0 radical (unpaired) electrons. The molecule has 0 heterocycles. The van der Waals surface area contributed by atoms with Gasteiger partial charge in [-0.2, -0.15) is 0 Å². The van der Waals surface area contributed by atoms with Crippen molar-refractivity contribution >= 4 is 0 Å². The maximum absolute atomic E-state index is 4.05. The summed E-state index contributed by atoms with van der Waals surface area (Å²) in [5.41, 5.74) is 4.11. The van der Waals surface area contributed by atoms with Crippen LogP contribution in [-0.2, 0) is 19.6 Å². The van der Waals surface area contributed by atoms with Gasteiger partial charge in [-0.25, -0.2) is 0 Å². The third-order valence-electron chi connectivity index (χ3n) is 4.60. The van der Waals surface area contributed by atoms with Crippen molar-refractivity contribution in [3.05, 3.63) is 120 Å². The predicted octanol–water partition coefficient (Wildman–Crippen LogP) is 2.59. The van der Waals surface area contributed by atoms with Crippen LogP contribution >= 0.6 is 0 Å². The van der Waals surface area contributed by atoms with Crippen LogP contribution < -0.4 is 12.4 Å². The number of benzene rings is 3. The molecule has 3 aromatic carbocycles. The summed E-state index contributed by atoms with van der Waals surface area (Å²) in [7, 11) is 0. The van der Waals surface area contributed by atoms with Crippen molar-refractivity contribution in [1.29, 1.82) is 0 Å². The van der Waals surface area contributed by atoms with E-state index in [1.165, 1.54) is 16.7 Å². The van der Waals surface area contributed by atoms with Gasteiger partial charge in [0.25, 0.3) is 0 Å². The maximum Gasteiger partial charge on any atom is 0.105 e.